The van der Waals surface area contributed by atoms with E-state index in [1.165, 1.54) is 7.11 Å². The molecule has 1 amide bonds. The van der Waals surface area contributed by atoms with Crippen LogP contribution in [-0.2, 0) is 20.9 Å². The molecule has 0 saturated carbocycles. The molecule has 0 aliphatic rings. The van der Waals surface area contributed by atoms with E-state index in [1.807, 2.05) is 29.6 Å². The molecular weight excluding hydrogens is 420 g/mol. The van der Waals surface area contributed by atoms with Crippen molar-refractivity contribution in [3.63, 3.8) is 0 Å². The number of esters is 1. The van der Waals surface area contributed by atoms with Crippen LogP contribution in [0.25, 0.3) is 0 Å². The Bertz CT molecular complexity index is 738. The average Bonchev–Trinajstić information content (AvgIpc) is 3.08. The first-order chi connectivity index (χ1) is 12.4. The van der Waals surface area contributed by atoms with Crippen molar-refractivity contribution >= 4 is 39.1 Å². The second kappa shape index (κ2) is 9.70. The molecule has 0 aliphatic heterocycles. The highest BCUT2D eigenvalue weighted by atomic mass is 79.9. The molecule has 0 saturated heterocycles. The number of amides is 1. The summed E-state index contributed by atoms with van der Waals surface area (Å²) in [7, 11) is 1.31. The van der Waals surface area contributed by atoms with Crippen LogP contribution in [0.15, 0.2) is 46.3 Å². The summed E-state index contributed by atoms with van der Waals surface area (Å²) in [6.45, 7) is 2.09. The minimum Gasteiger partial charge on any atom is -0.491 e. The molecule has 140 valence electrons. The van der Waals surface area contributed by atoms with Crippen molar-refractivity contribution in [2.45, 2.75) is 19.0 Å². The minimum atomic E-state index is -1.14. The van der Waals surface area contributed by atoms with Crippen LogP contribution < -0.4 is 15.4 Å². The third-order valence-electron chi connectivity index (χ3n) is 3.63. The lowest BCUT2D eigenvalue weighted by Gasteiger charge is -2.27. The van der Waals surface area contributed by atoms with E-state index in [0.29, 0.717) is 12.3 Å². The number of hydrogen-bond acceptors (Lipinski definition) is 6. The Morgan fingerprint density at radius 2 is 2.00 bits per heavy atom. The molecule has 0 bridgehead atoms. The lowest BCUT2D eigenvalue weighted by molar-refractivity contribution is -0.149. The number of para-hydroxylation sites is 1. The Morgan fingerprint density at radius 1 is 1.27 bits per heavy atom. The van der Waals surface area contributed by atoms with Gasteiger partial charge < -0.3 is 14.8 Å². The molecule has 8 heteroatoms. The lowest BCUT2D eigenvalue weighted by atomic mass is 10.0. The first kappa shape index (κ1) is 20.4. The molecule has 2 rings (SSSR count). The Hall–Kier alpha value is -1.90. The van der Waals surface area contributed by atoms with E-state index in [-0.39, 0.29) is 19.1 Å². The fourth-order valence-electron chi connectivity index (χ4n) is 2.12. The van der Waals surface area contributed by atoms with Gasteiger partial charge in [-0.1, -0.05) is 18.2 Å². The highest BCUT2D eigenvalue weighted by Gasteiger charge is 2.35. The smallest absolute Gasteiger partial charge is 0.329 e. The normalized spacial score (nSPS) is 12.9. The monoisotopic (exact) mass is 440 g/mol. The first-order valence-electron chi connectivity index (χ1n) is 7.94. The van der Waals surface area contributed by atoms with Crippen LogP contribution >= 0.6 is 27.3 Å². The van der Waals surface area contributed by atoms with Gasteiger partial charge in [0.25, 0.3) is 0 Å². The van der Waals surface area contributed by atoms with E-state index in [1.54, 1.807) is 30.4 Å². The summed E-state index contributed by atoms with van der Waals surface area (Å²) in [4.78, 5) is 25.3. The average molecular weight is 441 g/mol. The Labute approximate surface area is 165 Å². The largest absolute Gasteiger partial charge is 0.491 e. The second-order valence-electron chi connectivity index (χ2n) is 5.79. The zero-order valence-electron chi connectivity index (χ0n) is 14.6. The zero-order chi connectivity index (χ0) is 19.0. The molecular formula is C18H21BrN2O4S. The van der Waals surface area contributed by atoms with Crippen LogP contribution in [0.5, 0.6) is 5.75 Å². The van der Waals surface area contributed by atoms with Gasteiger partial charge in [-0.2, -0.15) is 0 Å². The molecule has 2 aromatic rings. The van der Waals surface area contributed by atoms with Crippen molar-refractivity contribution in [3.8, 4) is 5.75 Å². The van der Waals surface area contributed by atoms with Crippen LogP contribution in [0.4, 0.5) is 0 Å². The van der Waals surface area contributed by atoms with E-state index in [4.69, 9.17) is 9.47 Å². The molecule has 1 unspecified atom stereocenters. The van der Waals surface area contributed by atoms with Gasteiger partial charge in [0.05, 0.1) is 20.2 Å². The summed E-state index contributed by atoms with van der Waals surface area (Å²) in [5, 5.41) is 7.71. The topological polar surface area (TPSA) is 76.7 Å². The van der Waals surface area contributed by atoms with Gasteiger partial charge in [-0.15, -0.1) is 11.3 Å². The number of halogens is 1. The van der Waals surface area contributed by atoms with Gasteiger partial charge in [0, 0.05) is 14.7 Å². The van der Waals surface area contributed by atoms with Gasteiger partial charge >= 0.3 is 5.97 Å². The number of nitrogens with one attached hydrogen (secondary N) is 2. The van der Waals surface area contributed by atoms with Gasteiger partial charge in [-0.3, -0.25) is 10.1 Å². The number of carbonyl (C=O) groups excluding carboxylic acids is 2. The van der Waals surface area contributed by atoms with E-state index < -0.39 is 11.5 Å². The van der Waals surface area contributed by atoms with Gasteiger partial charge in [-0.25, -0.2) is 4.79 Å². The summed E-state index contributed by atoms with van der Waals surface area (Å²) in [5.41, 5.74) is -1.14. The number of methoxy groups -OCH3 is 1. The third kappa shape index (κ3) is 6.12. The van der Waals surface area contributed by atoms with Crippen LogP contribution in [0, 0.1) is 0 Å². The van der Waals surface area contributed by atoms with Crippen LogP contribution in [0.3, 0.4) is 0 Å². The Kier molecular flexibility index (Phi) is 7.62. The maximum absolute atomic E-state index is 12.1. The Balaban J connectivity index is 1.87. The SMILES string of the molecule is COC(=O)C(C)(COc1ccccc1)NCC(=O)NCc1cc(Br)cs1. The molecule has 0 fully saturated rings. The minimum absolute atomic E-state index is 0.0315. The molecule has 2 N–H and O–H groups in total. The van der Waals surface area contributed by atoms with E-state index in [0.717, 1.165) is 9.35 Å². The highest BCUT2D eigenvalue weighted by molar-refractivity contribution is 9.10. The van der Waals surface area contributed by atoms with Gasteiger partial charge in [0.1, 0.15) is 17.9 Å². The summed E-state index contributed by atoms with van der Waals surface area (Å²) >= 11 is 4.93. The quantitative estimate of drug-likeness (QED) is 0.586. The third-order valence-corrected chi connectivity index (χ3v) is 5.32. The molecule has 1 aromatic heterocycles. The Morgan fingerprint density at radius 3 is 2.62 bits per heavy atom. The van der Waals surface area contributed by atoms with E-state index in [2.05, 4.69) is 26.6 Å². The summed E-state index contributed by atoms with van der Waals surface area (Å²) in [5.74, 6) is -0.0788. The predicted molar refractivity (Wildman–Crippen MR) is 104 cm³/mol. The van der Waals surface area contributed by atoms with Crippen LogP contribution in [0.1, 0.15) is 11.8 Å². The van der Waals surface area contributed by atoms with Gasteiger partial charge in [0.2, 0.25) is 5.91 Å². The maximum Gasteiger partial charge on any atom is 0.329 e. The summed E-state index contributed by atoms with van der Waals surface area (Å²) in [6.07, 6.45) is 0. The van der Waals surface area contributed by atoms with Gasteiger partial charge in [0.15, 0.2) is 0 Å². The van der Waals surface area contributed by atoms with Crippen molar-refractivity contribution < 1.29 is 19.1 Å². The molecule has 6 nitrogen and oxygen atoms in total. The molecule has 0 radical (unpaired) electrons. The van der Waals surface area contributed by atoms with Crippen molar-refractivity contribution in [2.24, 2.45) is 0 Å². The highest BCUT2D eigenvalue weighted by Crippen LogP contribution is 2.19. The van der Waals surface area contributed by atoms with Crippen LogP contribution in [0.2, 0.25) is 0 Å². The fourth-order valence-corrected chi connectivity index (χ4v) is 3.51. The zero-order valence-corrected chi connectivity index (χ0v) is 17.0. The maximum atomic E-state index is 12.1. The number of benzene rings is 1. The van der Waals surface area contributed by atoms with Crippen molar-refractivity contribution in [2.75, 3.05) is 20.3 Å². The van der Waals surface area contributed by atoms with Crippen molar-refractivity contribution in [3.05, 3.63) is 51.1 Å². The number of rotatable bonds is 9. The number of hydrogen-bond donors (Lipinski definition) is 2. The van der Waals surface area contributed by atoms with E-state index >= 15 is 0 Å². The molecule has 26 heavy (non-hydrogen) atoms. The van der Waals surface area contributed by atoms with E-state index in [9.17, 15) is 9.59 Å². The molecule has 0 spiro atoms. The van der Waals surface area contributed by atoms with Crippen molar-refractivity contribution in [1.29, 1.82) is 0 Å². The predicted octanol–water partition coefficient (Wildman–Crippen LogP) is 2.73. The van der Waals surface area contributed by atoms with Crippen molar-refractivity contribution in [1.82, 2.24) is 10.6 Å². The van der Waals surface area contributed by atoms with Crippen LogP contribution in [-0.4, -0.2) is 37.7 Å². The van der Waals surface area contributed by atoms with Gasteiger partial charge in [-0.05, 0) is 41.1 Å². The summed E-state index contributed by atoms with van der Waals surface area (Å²) < 4.78 is 11.5. The molecule has 0 aliphatic carbocycles. The fraction of sp³-hybridized carbons (Fsp3) is 0.333. The number of carbonyl (C=O) groups is 2. The number of thiophene rings is 1. The standard InChI is InChI=1S/C18H21BrN2O4S/c1-18(17(23)24-2,12-25-14-6-4-3-5-7-14)21-10-16(22)20-9-15-8-13(19)11-26-15/h3-8,11,21H,9-10,12H2,1-2H3,(H,20,22). The number of ether oxygens (including phenoxy) is 2. The first-order valence-corrected chi connectivity index (χ1v) is 9.61. The second-order valence-corrected chi connectivity index (χ2v) is 7.70. The molecule has 1 heterocycles. The molecule has 1 atom stereocenters. The lowest BCUT2D eigenvalue weighted by Crippen LogP contribution is -2.56. The summed E-state index contributed by atoms with van der Waals surface area (Å²) in [6, 6.07) is 11.1. The molecule has 1 aromatic carbocycles.